The summed E-state index contributed by atoms with van der Waals surface area (Å²) in [5, 5.41) is 0. The molecule has 142 valence electrons. The van der Waals surface area contributed by atoms with Gasteiger partial charge in [-0.1, -0.05) is 42.5 Å². The van der Waals surface area contributed by atoms with Crippen LogP contribution in [0.3, 0.4) is 0 Å². The molecule has 2 nitrogen and oxygen atoms in total. The lowest BCUT2D eigenvalue weighted by Gasteiger charge is -2.45. The largest absolute Gasteiger partial charge is 0.416 e. The molecule has 1 saturated heterocycles. The number of alkyl halides is 3. The lowest BCUT2D eigenvalue weighted by Crippen LogP contribution is -2.53. The third-order valence-electron chi connectivity index (χ3n) is 5.19. The van der Waals surface area contributed by atoms with Crippen LogP contribution in [0.25, 0.3) is 5.57 Å². The summed E-state index contributed by atoms with van der Waals surface area (Å²) in [5.41, 5.74) is 1.23. The Kier molecular flexibility index (Phi) is 4.78. The van der Waals surface area contributed by atoms with Crippen molar-refractivity contribution in [2.75, 3.05) is 13.2 Å². The quantitative estimate of drug-likeness (QED) is 0.706. The number of rotatable bonds is 3. The predicted octanol–water partition coefficient (Wildman–Crippen LogP) is 4.90. The molecule has 2 bridgehead atoms. The maximum Gasteiger partial charge on any atom is 0.416 e. The first-order valence-corrected chi connectivity index (χ1v) is 8.87. The normalized spacial score (nSPS) is 23.2. The van der Waals surface area contributed by atoms with E-state index in [2.05, 4.69) is 17.0 Å². The van der Waals surface area contributed by atoms with Crippen LogP contribution in [0.2, 0.25) is 0 Å². The second-order valence-corrected chi connectivity index (χ2v) is 7.00. The van der Waals surface area contributed by atoms with E-state index in [0.717, 1.165) is 18.2 Å². The Bertz CT molecular complexity index is 847. The third kappa shape index (κ3) is 3.77. The average molecular weight is 377 g/mol. The van der Waals surface area contributed by atoms with E-state index >= 15 is 0 Å². The van der Waals surface area contributed by atoms with Crippen molar-refractivity contribution in [2.24, 2.45) is 0 Å². The first-order chi connectivity index (χ1) is 12.9. The lowest BCUT2D eigenvalue weighted by molar-refractivity contribution is -0.137. The van der Waals surface area contributed by atoms with Crippen LogP contribution >= 0.6 is 0 Å². The molecule has 27 heavy (non-hydrogen) atoms. The molecule has 2 aliphatic rings. The SMILES string of the molecule is Fc1cc(C(F)(F)F)ccc1C1=CC2COCC(C1)N2Cc1ccccc1. The van der Waals surface area contributed by atoms with Gasteiger partial charge >= 0.3 is 6.18 Å². The summed E-state index contributed by atoms with van der Waals surface area (Å²) in [6.07, 6.45) is -2.06. The van der Waals surface area contributed by atoms with Crippen molar-refractivity contribution < 1.29 is 22.3 Å². The molecule has 2 unspecified atom stereocenters. The van der Waals surface area contributed by atoms with E-state index in [9.17, 15) is 17.6 Å². The summed E-state index contributed by atoms with van der Waals surface area (Å²) >= 11 is 0. The maximum atomic E-state index is 14.4. The minimum atomic E-state index is -4.54. The molecule has 1 fully saturated rings. The van der Waals surface area contributed by atoms with Crippen LogP contribution in [-0.4, -0.2) is 30.2 Å². The van der Waals surface area contributed by atoms with Gasteiger partial charge in [0.15, 0.2) is 0 Å². The van der Waals surface area contributed by atoms with E-state index < -0.39 is 17.6 Å². The molecule has 2 atom stereocenters. The molecular formula is C21H19F4NO. The molecule has 0 aliphatic carbocycles. The van der Waals surface area contributed by atoms with Gasteiger partial charge in [0.1, 0.15) is 5.82 Å². The number of hydrogen-bond donors (Lipinski definition) is 0. The predicted molar refractivity (Wildman–Crippen MR) is 94.4 cm³/mol. The van der Waals surface area contributed by atoms with Gasteiger partial charge in [-0.3, -0.25) is 4.90 Å². The van der Waals surface area contributed by atoms with Gasteiger partial charge in [-0.25, -0.2) is 4.39 Å². The molecule has 0 aromatic heterocycles. The molecule has 2 aromatic rings. The van der Waals surface area contributed by atoms with Crippen molar-refractivity contribution in [1.82, 2.24) is 4.90 Å². The molecular weight excluding hydrogens is 358 g/mol. The maximum absolute atomic E-state index is 14.4. The Balaban J connectivity index is 1.61. The number of ether oxygens (including phenoxy) is 1. The highest BCUT2D eigenvalue weighted by Crippen LogP contribution is 2.36. The summed E-state index contributed by atoms with van der Waals surface area (Å²) in [6, 6.07) is 12.9. The van der Waals surface area contributed by atoms with E-state index in [1.54, 1.807) is 0 Å². The number of hydrogen-bond acceptors (Lipinski definition) is 2. The van der Waals surface area contributed by atoms with Crippen molar-refractivity contribution in [1.29, 1.82) is 0 Å². The second kappa shape index (κ2) is 7.09. The zero-order valence-electron chi connectivity index (χ0n) is 14.5. The van der Waals surface area contributed by atoms with Gasteiger partial charge in [-0.2, -0.15) is 13.2 Å². The highest BCUT2D eigenvalue weighted by molar-refractivity contribution is 5.68. The highest BCUT2D eigenvalue weighted by atomic mass is 19.4. The molecule has 2 aliphatic heterocycles. The molecule has 0 spiro atoms. The fraction of sp³-hybridized carbons (Fsp3) is 0.333. The Morgan fingerprint density at radius 3 is 2.48 bits per heavy atom. The summed E-state index contributed by atoms with van der Waals surface area (Å²) in [6.45, 7) is 1.79. The Morgan fingerprint density at radius 2 is 1.81 bits per heavy atom. The minimum absolute atomic E-state index is 0.0191. The fourth-order valence-electron chi connectivity index (χ4n) is 3.85. The van der Waals surface area contributed by atoms with Crippen molar-refractivity contribution >= 4 is 5.57 Å². The molecule has 0 amide bonds. The van der Waals surface area contributed by atoms with E-state index in [4.69, 9.17) is 4.74 Å². The Hall–Kier alpha value is -2.18. The van der Waals surface area contributed by atoms with Crippen molar-refractivity contribution in [2.45, 2.75) is 31.2 Å². The van der Waals surface area contributed by atoms with Crippen molar-refractivity contribution in [3.05, 3.63) is 77.1 Å². The molecule has 2 aromatic carbocycles. The van der Waals surface area contributed by atoms with Crippen LogP contribution in [0.1, 0.15) is 23.1 Å². The Morgan fingerprint density at radius 1 is 1.04 bits per heavy atom. The first-order valence-electron chi connectivity index (χ1n) is 8.87. The summed E-state index contributed by atoms with van der Waals surface area (Å²) in [4.78, 5) is 2.32. The minimum Gasteiger partial charge on any atom is -0.378 e. The second-order valence-electron chi connectivity index (χ2n) is 7.00. The molecule has 0 radical (unpaired) electrons. The molecule has 0 saturated carbocycles. The molecule has 0 N–H and O–H groups in total. The smallest absolute Gasteiger partial charge is 0.378 e. The van der Waals surface area contributed by atoms with Gasteiger partial charge in [0.05, 0.1) is 24.8 Å². The van der Waals surface area contributed by atoms with Gasteiger partial charge in [0.2, 0.25) is 0 Å². The van der Waals surface area contributed by atoms with E-state index in [-0.39, 0.29) is 17.6 Å². The fourth-order valence-corrected chi connectivity index (χ4v) is 3.85. The third-order valence-corrected chi connectivity index (χ3v) is 5.19. The summed E-state index contributed by atoms with van der Waals surface area (Å²) in [5.74, 6) is -0.827. The topological polar surface area (TPSA) is 12.5 Å². The monoisotopic (exact) mass is 377 g/mol. The van der Waals surface area contributed by atoms with Crippen LogP contribution in [0.15, 0.2) is 54.6 Å². The number of halogens is 4. The van der Waals surface area contributed by atoms with Gasteiger partial charge in [-0.15, -0.1) is 0 Å². The van der Waals surface area contributed by atoms with Crippen LogP contribution in [-0.2, 0) is 17.5 Å². The van der Waals surface area contributed by atoms with E-state index in [1.165, 1.54) is 11.6 Å². The Labute approximate surface area is 155 Å². The first kappa shape index (κ1) is 18.2. The number of nitrogens with zero attached hydrogens (tertiary/aromatic N) is 1. The average Bonchev–Trinajstić information content (AvgIpc) is 2.61. The van der Waals surface area contributed by atoms with Gasteiger partial charge in [0.25, 0.3) is 0 Å². The van der Waals surface area contributed by atoms with Gasteiger partial charge < -0.3 is 4.74 Å². The van der Waals surface area contributed by atoms with Crippen molar-refractivity contribution in [3.63, 3.8) is 0 Å². The molecule has 2 heterocycles. The highest BCUT2D eigenvalue weighted by Gasteiger charge is 2.36. The number of fused-ring (bicyclic) bond motifs is 2. The number of morpholine rings is 1. The zero-order valence-corrected chi connectivity index (χ0v) is 14.5. The molecule has 4 rings (SSSR count). The van der Waals surface area contributed by atoms with Gasteiger partial charge in [-0.05, 0) is 29.7 Å². The summed E-state index contributed by atoms with van der Waals surface area (Å²) in [7, 11) is 0. The van der Waals surface area contributed by atoms with Crippen molar-refractivity contribution in [3.8, 4) is 0 Å². The standard InChI is InChI=1S/C21H19F4NO/c22-20-10-16(21(23,24)25)6-7-19(20)15-8-17-12-27-13-18(9-15)26(17)11-14-4-2-1-3-5-14/h1-8,10,17-18H,9,11-13H2. The van der Waals surface area contributed by atoms with E-state index in [0.29, 0.717) is 25.7 Å². The summed E-state index contributed by atoms with van der Waals surface area (Å²) < 4.78 is 58.4. The van der Waals surface area contributed by atoms with Crippen LogP contribution in [0, 0.1) is 5.82 Å². The molecule has 6 heteroatoms. The van der Waals surface area contributed by atoms with E-state index in [1.807, 2.05) is 24.3 Å². The lowest BCUT2D eigenvalue weighted by atomic mass is 9.88. The number of benzene rings is 2. The van der Waals surface area contributed by atoms with Crippen LogP contribution < -0.4 is 0 Å². The van der Waals surface area contributed by atoms with Crippen LogP contribution in [0.5, 0.6) is 0 Å². The van der Waals surface area contributed by atoms with Gasteiger partial charge in [0, 0.05) is 18.2 Å². The van der Waals surface area contributed by atoms with Crippen LogP contribution in [0.4, 0.5) is 17.6 Å². The zero-order chi connectivity index (χ0) is 19.0.